The van der Waals surface area contributed by atoms with E-state index in [9.17, 15) is 9.90 Å². The Kier molecular flexibility index (Phi) is 4.54. The molecule has 26 heavy (non-hydrogen) atoms. The summed E-state index contributed by atoms with van der Waals surface area (Å²) in [4.78, 5) is 16.8. The normalized spacial score (nSPS) is 17.3. The standard InChI is InChI=1S/C20H26N4O2/c1-22(2)13-19(25)18-11-17-12-23(8-9-24(17)21-18)20(26)16-7-6-14-4-3-5-15(14)10-16/h6-7,10-11,19,25H,3-5,8-9,12-13H2,1-2H3/t19-/m1/s1. The Morgan fingerprint density at radius 1 is 1.23 bits per heavy atom. The quantitative estimate of drug-likeness (QED) is 0.906. The number of hydrogen-bond acceptors (Lipinski definition) is 4. The first-order chi connectivity index (χ1) is 12.5. The second-order valence-electron chi connectivity index (χ2n) is 7.63. The van der Waals surface area contributed by atoms with Gasteiger partial charge in [0.25, 0.3) is 5.91 Å². The number of benzene rings is 1. The van der Waals surface area contributed by atoms with Crippen molar-refractivity contribution in [2.75, 3.05) is 27.2 Å². The lowest BCUT2D eigenvalue weighted by Gasteiger charge is -2.28. The zero-order valence-electron chi connectivity index (χ0n) is 15.5. The molecular formula is C20H26N4O2. The maximum Gasteiger partial charge on any atom is 0.254 e. The SMILES string of the molecule is CN(C)C[C@@H](O)c1cc2n(n1)CCN(C(=O)c1ccc3c(c1)CCC3)C2. The molecule has 1 amide bonds. The number of rotatable bonds is 4. The van der Waals surface area contributed by atoms with Crippen molar-refractivity contribution >= 4 is 5.91 Å². The highest BCUT2D eigenvalue weighted by atomic mass is 16.3. The zero-order chi connectivity index (χ0) is 18.3. The van der Waals surface area contributed by atoms with E-state index in [0.29, 0.717) is 31.9 Å². The van der Waals surface area contributed by atoms with Crippen LogP contribution in [-0.4, -0.2) is 57.8 Å². The van der Waals surface area contributed by atoms with Crippen LogP contribution >= 0.6 is 0 Å². The molecule has 1 aliphatic carbocycles. The van der Waals surface area contributed by atoms with Crippen molar-refractivity contribution in [3.05, 3.63) is 52.3 Å². The molecule has 4 rings (SSSR count). The van der Waals surface area contributed by atoms with Crippen LogP contribution in [0.25, 0.3) is 0 Å². The molecule has 1 aromatic carbocycles. The van der Waals surface area contributed by atoms with Crippen LogP contribution in [0.2, 0.25) is 0 Å². The van der Waals surface area contributed by atoms with Crippen molar-refractivity contribution in [3.63, 3.8) is 0 Å². The number of amides is 1. The number of aliphatic hydroxyl groups excluding tert-OH is 1. The van der Waals surface area contributed by atoms with Gasteiger partial charge < -0.3 is 14.9 Å². The lowest BCUT2D eigenvalue weighted by atomic mass is 10.1. The summed E-state index contributed by atoms with van der Waals surface area (Å²) in [5.74, 6) is 0.0857. The van der Waals surface area contributed by atoms with Crippen LogP contribution in [0.4, 0.5) is 0 Å². The number of aromatic nitrogens is 2. The Morgan fingerprint density at radius 2 is 2.04 bits per heavy atom. The molecule has 0 saturated carbocycles. The molecule has 0 spiro atoms. The van der Waals surface area contributed by atoms with Gasteiger partial charge in [-0.15, -0.1) is 0 Å². The van der Waals surface area contributed by atoms with Gasteiger partial charge in [0.05, 0.1) is 24.5 Å². The van der Waals surface area contributed by atoms with Crippen LogP contribution in [0.15, 0.2) is 24.3 Å². The molecule has 0 bridgehead atoms. The number of carbonyl (C=O) groups is 1. The monoisotopic (exact) mass is 354 g/mol. The summed E-state index contributed by atoms with van der Waals surface area (Å²) in [5, 5.41) is 14.8. The predicted molar refractivity (Wildman–Crippen MR) is 98.9 cm³/mol. The van der Waals surface area contributed by atoms with Gasteiger partial charge in [-0.2, -0.15) is 5.10 Å². The van der Waals surface area contributed by atoms with E-state index in [1.807, 2.05) is 40.7 Å². The number of fused-ring (bicyclic) bond motifs is 2. The summed E-state index contributed by atoms with van der Waals surface area (Å²) in [5.41, 5.74) is 5.16. The van der Waals surface area contributed by atoms with Crippen molar-refractivity contribution in [2.45, 2.75) is 38.5 Å². The fourth-order valence-corrected chi connectivity index (χ4v) is 3.95. The molecular weight excluding hydrogens is 328 g/mol. The first-order valence-corrected chi connectivity index (χ1v) is 9.32. The summed E-state index contributed by atoms with van der Waals surface area (Å²) >= 11 is 0. The minimum atomic E-state index is -0.607. The van der Waals surface area contributed by atoms with Crippen LogP contribution in [0.3, 0.4) is 0 Å². The number of aryl methyl sites for hydroxylation is 2. The minimum absolute atomic E-state index is 0.0857. The molecule has 138 valence electrons. The van der Waals surface area contributed by atoms with Crippen LogP contribution in [-0.2, 0) is 25.9 Å². The van der Waals surface area contributed by atoms with Gasteiger partial charge in [0.2, 0.25) is 0 Å². The van der Waals surface area contributed by atoms with Gasteiger partial charge in [0.1, 0.15) is 6.10 Å². The van der Waals surface area contributed by atoms with Crippen molar-refractivity contribution < 1.29 is 9.90 Å². The Bertz CT molecular complexity index is 827. The van der Waals surface area contributed by atoms with Crippen molar-refractivity contribution in [3.8, 4) is 0 Å². The summed E-state index contributed by atoms with van der Waals surface area (Å²) < 4.78 is 1.92. The highest BCUT2D eigenvalue weighted by Gasteiger charge is 2.25. The summed E-state index contributed by atoms with van der Waals surface area (Å²) in [6.45, 7) is 2.39. The Labute approximate surface area is 154 Å². The molecule has 2 aliphatic rings. The molecule has 0 radical (unpaired) electrons. The smallest absolute Gasteiger partial charge is 0.254 e. The van der Waals surface area contributed by atoms with Crippen molar-refractivity contribution in [2.24, 2.45) is 0 Å². The third kappa shape index (κ3) is 3.27. The number of likely N-dealkylation sites (N-methyl/N-ethyl adjacent to an activating group) is 1. The van der Waals surface area contributed by atoms with Gasteiger partial charge in [-0.3, -0.25) is 9.48 Å². The van der Waals surface area contributed by atoms with E-state index < -0.39 is 6.10 Å². The van der Waals surface area contributed by atoms with Crippen molar-refractivity contribution in [1.29, 1.82) is 0 Å². The minimum Gasteiger partial charge on any atom is -0.385 e. The van der Waals surface area contributed by atoms with Gasteiger partial charge in [0, 0.05) is 18.7 Å². The second-order valence-corrected chi connectivity index (χ2v) is 7.63. The molecule has 0 unspecified atom stereocenters. The van der Waals surface area contributed by atoms with Gasteiger partial charge in [-0.1, -0.05) is 6.07 Å². The number of aliphatic hydroxyl groups is 1. The number of carbonyl (C=O) groups excluding carboxylic acids is 1. The molecule has 1 aliphatic heterocycles. The average molecular weight is 354 g/mol. The number of nitrogens with zero attached hydrogens (tertiary/aromatic N) is 4. The van der Waals surface area contributed by atoms with E-state index in [1.165, 1.54) is 17.5 Å². The number of hydrogen-bond donors (Lipinski definition) is 1. The van der Waals surface area contributed by atoms with E-state index in [0.717, 1.165) is 24.1 Å². The first kappa shape index (κ1) is 17.2. The molecule has 2 heterocycles. The topological polar surface area (TPSA) is 61.6 Å². The Balaban J connectivity index is 1.49. The Hall–Kier alpha value is -2.18. The molecule has 1 N–H and O–H groups in total. The largest absolute Gasteiger partial charge is 0.385 e. The molecule has 1 atom stereocenters. The molecule has 6 nitrogen and oxygen atoms in total. The summed E-state index contributed by atoms with van der Waals surface area (Å²) in [7, 11) is 3.85. The Morgan fingerprint density at radius 3 is 2.85 bits per heavy atom. The van der Waals surface area contributed by atoms with Crippen LogP contribution in [0, 0.1) is 0 Å². The molecule has 0 saturated heterocycles. The third-order valence-electron chi connectivity index (χ3n) is 5.33. The van der Waals surface area contributed by atoms with E-state index in [2.05, 4.69) is 17.2 Å². The summed E-state index contributed by atoms with van der Waals surface area (Å²) in [6.07, 6.45) is 2.79. The van der Waals surface area contributed by atoms with Crippen molar-refractivity contribution in [1.82, 2.24) is 19.6 Å². The first-order valence-electron chi connectivity index (χ1n) is 9.32. The van der Waals surface area contributed by atoms with Crippen LogP contribution in [0.1, 0.15) is 45.4 Å². The van der Waals surface area contributed by atoms with E-state index in [4.69, 9.17) is 0 Å². The van der Waals surface area contributed by atoms with Gasteiger partial charge in [-0.05, 0) is 62.7 Å². The highest BCUT2D eigenvalue weighted by Crippen LogP contribution is 2.25. The predicted octanol–water partition coefficient (Wildman–Crippen LogP) is 1.62. The van der Waals surface area contributed by atoms with E-state index in [-0.39, 0.29) is 5.91 Å². The highest BCUT2D eigenvalue weighted by molar-refractivity contribution is 5.94. The zero-order valence-corrected chi connectivity index (χ0v) is 15.5. The lowest BCUT2D eigenvalue weighted by molar-refractivity contribution is 0.0705. The van der Waals surface area contributed by atoms with E-state index in [1.54, 1.807) is 0 Å². The van der Waals surface area contributed by atoms with Crippen LogP contribution in [0.5, 0.6) is 0 Å². The van der Waals surface area contributed by atoms with Gasteiger partial charge >= 0.3 is 0 Å². The fourth-order valence-electron chi connectivity index (χ4n) is 3.95. The molecule has 1 aromatic heterocycles. The van der Waals surface area contributed by atoms with Gasteiger partial charge in [-0.25, -0.2) is 0 Å². The maximum absolute atomic E-state index is 12.9. The summed E-state index contributed by atoms with van der Waals surface area (Å²) in [6, 6.07) is 8.07. The van der Waals surface area contributed by atoms with Gasteiger partial charge in [0.15, 0.2) is 0 Å². The van der Waals surface area contributed by atoms with E-state index >= 15 is 0 Å². The average Bonchev–Trinajstić information content (AvgIpc) is 3.25. The molecule has 6 heteroatoms. The maximum atomic E-state index is 12.9. The fraction of sp³-hybridized carbons (Fsp3) is 0.500. The molecule has 0 fully saturated rings. The third-order valence-corrected chi connectivity index (χ3v) is 5.33. The lowest BCUT2D eigenvalue weighted by Crippen LogP contribution is -2.38. The molecule has 2 aromatic rings. The van der Waals surface area contributed by atoms with Crippen LogP contribution < -0.4 is 0 Å². The second kappa shape index (κ2) is 6.85.